The van der Waals surface area contributed by atoms with E-state index in [1.54, 1.807) is 31.2 Å². The summed E-state index contributed by atoms with van der Waals surface area (Å²) >= 11 is 0. The number of benzene rings is 1. The van der Waals surface area contributed by atoms with E-state index >= 15 is 0 Å². The standard InChI is InChI=1S/C19H24N2O6/c1-4-13-17(18(23)26-5-2)14(21-19(24)20-13)11-27-16(22)10-12-8-6-7-9-15(12)25-3/h6-9,13H,4-5,10-11H2,1-3H3,(H2,20,21,24)/t13-/m1/s1. The lowest BCUT2D eigenvalue weighted by Crippen LogP contribution is -2.51. The molecule has 1 aliphatic rings. The maximum absolute atomic E-state index is 12.3. The van der Waals surface area contributed by atoms with Crippen molar-refractivity contribution in [1.82, 2.24) is 10.6 Å². The van der Waals surface area contributed by atoms with Crippen LogP contribution in [0.3, 0.4) is 0 Å². The van der Waals surface area contributed by atoms with E-state index < -0.39 is 24.0 Å². The van der Waals surface area contributed by atoms with Crippen molar-refractivity contribution in [2.24, 2.45) is 0 Å². The van der Waals surface area contributed by atoms with Crippen LogP contribution in [0.4, 0.5) is 4.79 Å². The van der Waals surface area contributed by atoms with Crippen LogP contribution >= 0.6 is 0 Å². The Morgan fingerprint density at radius 2 is 1.89 bits per heavy atom. The maximum Gasteiger partial charge on any atom is 0.338 e. The van der Waals surface area contributed by atoms with Gasteiger partial charge in [0, 0.05) is 5.56 Å². The normalized spacial score (nSPS) is 16.3. The Kier molecular flexibility index (Phi) is 7.22. The molecule has 0 saturated heterocycles. The summed E-state index contributed by atoms with van der Waals surface area (Å²) in [6, 6.07) is 6.17. The molecular formula is C19H24N2O6. The lowest BCUT2D eigenvalue weighted by molar-refractivity contribution is -0.143. The Morgan fingerprint density at radius 3 is 2.56 bits per heavy atom. The average molecular weight is 376 g/mol. The zero-order chi connectivity index (χ0) is 19.8. The van der Waals surface area contributed by atoms with Crippen LogP contribution in [-0.4, -0.2) is 44.3 Å². The molecule has 2 N–H and O–H groups in total. The molecule has 0 saturated carbocycles. The number of ether oxygens (including phenoxy) is 3. The topological polar surface area (TPSA) is 103 Å². The monoisotopic (exact) mass is 376 g/mol. The largest absolute Gasteiger partial charge is 0.496 e. The molecule has 0 radical (unpaired) electrons. The van der Waals surface area contributed by atoms with E-state index in [-0.39, 0.29) is 30.9 Å². The number of urea groups is 1. The van der Waals surface area contributed by atoms with Gasteiger partial charge in [0.25, 0.3) is 0 Å². The van der Waals surface area contributed by atoms with Gasteiger partial charge >= 0.3 is 18.0 Å². The quantitative estimate of drug-likeness (QED) is 0.670. The molecule has 0 unspecified atom stereocenters. The van der Waals surface area contributed by atoms with Crippen LogP contribution in [0.15, 0.2) is 35.5 Å². The molecule has 0 fully saturated rings. The van der Waals surface area contributed by atoms with E-state index in [9.17, 15) is 14.4 Å². The first-order valence-corrected chi connectivity index (χ1v) is 8.75. The minimum atomic E-state index is -0.548. The zero-order valence-electron chi connectivity index (χ0n) is 15.7. The van der Waals surface area contributed by atoms with Crippen LogP contribution < -0.4 is 15.4 Å². The summed E-state index contributed by atoms with van der Waals surface area (Å²) in [5.74, 6) is -0.467. The number of esters is 2. The number of amides is 2. The van der Waals surface area contributed by atoms with Gasteiger partial charge < -0.3 is 24.8 Å². The number of carbonyl (C=O) groups excluding carboxylic acids is 3. The van der Waals surface area contributed by atoms with Crippen LogP contribution in [-0.2, 0) is 25.5 Å². The molecule has 27 heavy (non-hydrogen) atoms. The number of hydrogen-bond donors (Lipinski definition) is 2. The highest BCUT2D eigenvalue weighted by molar-refractivity contribution is 5.94. The van der Waals surface area contributed by atoms with Crippen LogP contribution in [0.25, 0.3) is 0 Å². The lowest BCUT2D eigenvalue weighted by Gasteiger charge is -2.28. The van der Waals surface area contributed by atoms with Gasteiger partial charge in [0.1, 0.15) is 12.4 Å². The molecule has 1 heterocycles. The number of carbonyl (C=O) groups is 3. The molecule has 8 nitrogen and oxygen atoms in total. The smallest absolute Gasteiger partial charge is 0.338 e. The highest BCUT2D eigenvalue weighted by Crippen LogP contribution is 2.20. The van der Waals surface area contributed by atoms with Gasteiger partial charge in [-0.15, -0.1) is 0 Å². The number of para-hydroxylation sites is 1. The molecule has 1 aromatic carbocycles. The molecule has 0 bridgehead atoms. The average Bonchev–Trinajstić information content (AvgIpc) is 2.66. The van der Waals surface area contributed by atoms with Crippen molar-refractivity contribution in [1.29, 1.82) is 0 Å². The molecular weight excluding hydrogens is 352 g/mol. The van der Waals surface area contributed by atoms with Crippen LogP contribution in [0, 0.1) is 0 Å². The number of rotatable bonds is 8. The fraction of sp³-hybridized carbons (Fsp3) is 0.421. The molecule has 0 aliphatic carbocycles. The third-order valence-electron chi connectivity index (χ3n) is 4.05. The molecule has 0 spiro atoms. The molecule has 146 valence electrons. The second kappa shape index (κ2) is 9.61. The van der Waals surface area contributed by atoms with Crippen molar-refractivity contribution in [3.8, 4) is 5.75 Å². The highest BCUT2D eigenvalue weighted by Gasteiger charge is 2.32. The van der Waals surface area contributed by atoms with Gasteiger partial charge in [0.2, 0.25) is 0 Å². The summed E-state index contributed by atoms with van der Waals surface area (Å²) < 4.78 is 15.6. The second-order valence-corrected chi connectivity index (χ2v) is 5.82. The fourth-order valence-electron chi connectivity index (χ4n) is 2.78. The first-order valence-electron chi connectivity index (χ1n) is 8.75. The highest BCUT2D eigenvalue weighted by atomic mass is 16.5. The molecule has 0 aromatic heterocycles. The summed E-state index contributed by atoms with van der Waals surface area (Å²) in [6.45, 7) is 3.50. The van der Waals surface area contributed by atoms with E-state index in [2.05, 4.69) is 10.6 Å². The van der Waals surface area contributed by atoms with E-state index in [1.807, 2.05) is 6.92 Å². The molecule has 2 amide bonds. The molecule has 1 atom stereocenters. The lowest BCUT2D eigenvalue weighted by atomic mass is 10.0. The molecule has 1 aromatic rings. The third-order valence-corrected chi connectivity index (χ3v) is 4.05. The third kappa shape index (κ3) is 5.22. The van der Waals surface area contributed by atoms with Gasteiger partial charge in [-0.1, -0.05) is 25.1 Å². The molecule has 1 aliphatic heterocycles. The minimum absolute atomic E-state index is 0.00936. The SMILES string of the molecule is CCOC(=O)C1=C(COC(=O)Cc2ccccc2OC)NC(=O)N[C@@H]1CC. The number of nitrogens with one attached hydrogen (secondary N) is 2. The molecule has 8 heteroatoms. The Balaban J connectivity index is 2.12. The first kappa shape index (κ1) is 20.3. The molecule has 2 rings (SSSR count). The van der Waals surface area contributed by atoms with Gasteiger partial charge in [-0.25, -0.2) is 9.59 Å². The van der Waals surface area contributed by atoms with Crippen molar-refractivity contribution in [3.05, 3.63) is 41.1 Å². The maximum atomic E-state index is 12.3. The zero-order valence-corrected chi connectivity index (χ0v) is 15.7. The first-order chi connectivity index (χ1) is 13.0. The van der Waals surface area contributed by atoms with Gasteiger partial charge in [-0.05, 0) is 19.4 Å². The predicted octanol–water partition coefficient (Wildman–Crippen LogP) is 1.69. The Bertz CT molecular complexity index is 743. The Labute approximate surface area is 157 Å². The van der Waals surface area contributed by atoms with Crippen LogP contribution in [0.1, 0.15) is 25.8 Å². The van der Waals surface area contributed by atoms with E-state index in [0.717, 1.165) is 0 Å². The summed E-state index contributed by atoms with van der Waals surface area (Å²) in [5.41, 5.74) is 1.19. The van der Waals surface area contributed by atoms with Gasteiger partial charge in [0.15, 0.2) is 0 Å². The van der Waals surface area contributed by atoms with E-state index in [0.29, 0.717) is 17.7 Å². The van der Waals surface area contributed by atoms with Crippen LogP contribution in [0.2, 0.25) is 0 Å². The fourth-order valence-corrected chi connectivity index (χ4v) is 2.78. The summed E-state index contributed by atoms with van der Waals surface area (Å²) in [5, 5.41) is 5.20. The van der Waals surface area contributed by atoms with Gasteiger partial charge in [-0.2, -0.15) is 0 Å². The predicted molar refractivity (Wildman–Crippen MR) is 97.1 cm³/mol. The summed E-state index contributed by atoms with van der Waals surface area (Å²) in [4.78, 5) is 36.3. The van der Waals surface area contributed by atoms with Crippen molar-refractivity contribution in [3.63, 3.8) is 0 Å². The minimum Gasteiger partial charge on any atom is -0.496 e. The van der Waals surface area contributed by atoms with Crippen molar-refractivity contribution >= 4 is 18.0 Å². The van der Waals surface area contributed by atoms with Crippen LogP contribution in [0.5, 0.6) is 5.75 Å². The second-order valence-electron chi connectivity index (χ2n) is 5.82. The number of methoxy groups -OCH3 is 1. The summed E-state index contributed by atoms with van der Waals surface area (Å²) in [6.07, 6.45) is 0.510. The van der Waals surface area contributed by atoms with Crippen molar-refractivity contribution in [2.75, 3.05) is 20.3 Å². The number of hydrogen-bond acceptors (Lipinski definition) is 6. The van der Waals surface area contributed by atoms with Crippen molar-refractivity contribution < 1.29 is 28.6 Å². The van der Waals surface area contributed by atoms with Crippen molar-refractivity contribution in [2.45, 2.75) is 32.7 Å². The van der Waals surface area contributed by atoms with Gasteiger partial charge in [0.05, 0.1) is 37.4 Å². The summed E-state index contributed by atoms with van der Waals surface area (Å²) in [7, 11) is 1.52. The van der Waals surface area contributed by atoms with E-state index in [1.165, 1.54) is 7.11 Å². The Hall–Kier alpha value is -3.03. The van der Waals surface area contributed by atoms with Gasteiger partial charge in [-0.3, -0.25) is 4.79 Å². The van der Waals surface area contributed by atoms with E-state index in [4.69, 9.17) is 14.2 Å². The Morgan fingerprint density at radius 1 is 1.15 bits per heavy atom.